The van der Waals surface area contributed by atoms with E-state index in [2.05, 4.69) is 28.2 Å². The molecule has 2 aromatic rings. The van der Waals surface area contributed by atoms with Crippen LogP contribution in [0.25, 0.3) is 0 Å². The van der Waals surface area contributed by atoms with E-state index in [0.29, 0.717) is 5.92 Å². The van der Waals surface area contributed by atoms with Crippen molar-refractivity contribution in [1.29, 1.82) is 0 Å². The minimum Gasteiger partial charge on any atom is -0.493 e. The molecule has 3 nitrogen and oxygen atoms in total. The Balaban J connectivity index is 1.39. The van der Waals surface area contributed by atoms with Crippen LogP contribution in [-0.2, 0) is 25.7 Å². The zero-order valence-corrected chi connectivity index (χ0v) is 12.4. The number of nitrogens with zero attached hydrogens (tertiary/aromatic N) is 1. The van der Waals surface area contributed by atoms with Crippen LogP contribution in [0.4, 0.5) is 0 Å². The summed E-state index contributed by atoms with van der Waals surface area (Å²) in [5.74, 6) is 1.65. The first kappa shape index (κ1) is 12.9. The van der Waals surface area contributed by atoms with Crippen molar-refractivity contribution in [1.82, 2.24) is 9.97 Å². The summed E-state index contributed by atoms with van der Waals surface area (Å²) in [6, 6.07) is 6.67. The van der Waals surface area contributed by atoms with Crippen molar-refractivity contribution < 1.29 is 4.74 Å². The van der Waals surface area contributed by atoms with Crippen molar-refractivity contribution in [2.45, 2.75) is 44.9 Å². The van der Waals surface area contributed by atoms with E-state index in [-0.39, 0.29) is 0 Å². The van der Waals surface area contributed by atoms with Crippen LogP contribution in [0.5, 0.6) is 5.75 Å². The summed E-state index contributed by atoms with van der Waals surface area (Å²) < 4.78 is 6.07. The Morgan fingerprint density at radius 1 is 1.14 bits per heavy atom. The number of aromatic amines is 1. The summed E-state index contributed by atoms with van der Waals surface area (Å²) in [4.78, 5) is 7.62. The minimum absolute atomic E-state index is 0.606. The van der Waals surface area contributed by atoms with E-state index in [1.54, 1.807) is 0 Å². The Labute approximate surface area is 125 Å². The SMILES string of the molecule is c1nc2c([nH]1)CC(COc1ccc3c(c1)CCCC3)CC2. The molecule has 0 aliphatic heterocycles. The molecule has 1 atom stereocenters. The summed E-state index contributed by atoms with van der Waals surface area (Å²) in [5, 5.41) is 0. The van der Waals surface area contributed by atoms with Gasteiger partial charge in [0.05, 0.1) is 18.6 Å². The van der Waals surface area contributed by atoms with Gasteiger partial charge in [-0.3, -0.25) is 0 Å². The molecule has 2 aliphatic carbocycles. The number of hydrogen-bond donors (Lipinski definition) is 1. The molecule has 0 radical (unpaired) electrons. The van der Waals surface area contributed by atoms with E-state index in [0.717, 1.165) is 25.2 Å². The maximum Gasteiger partial charge on any atom is 0.119 e. The second-order valence-corrected chi connectivity index (χ2v) is 6.39. The number of aryl methyl sites for hydroxylation is 3. The lowest BCUT2D eigenvalue weighted by Gasteiger charge is -2.22. The van der Waals surface area contributed by atoms with Crippen LogP contribution in [0.3, 0.4) is 0 Å². The second kappa shape index (κ2) is 5.55. The molecule has 1 aromatic carbocycles. The van der Waals surface area contributed by atoms with Gasteiger partial charge in [0.15, 0.2) is 0 Å². The fourth-order valence-corrected chi connectivity index (χ4v) is 3.63. The second-order valence-electron chi connectivity index (χ2n) is 6.39. The number of hydrogen-bond acceptors (Lipinski definition) is 2. The Bertz CT molecular complexity index is 632. The number of fused-ring (bicyclic) bond motifs is 2. The highest BCUT2D eigenvalue weighted by molar-refractivity contribution is 5.37. The first-order chi connectivity index (χ1) is 10.4. The lowest BCUT2D eigenvalue weighted by molar-refractivity contribution is 0.232. The monoisotopic (exact) mass is 282 g/mol. The molecule has 0 saturated heterocycles. The highest BCUT2D eigenvalue weighted by Gasteiger charge is 2.21. The Morgan fingerprint density at radius 3 is 3.00 bits per heavy atom. The van der Waals surface area contributed by atoms with Crippen LogP contribution < -0.4 is 4.74 Å². The van der Waals surface area contributed by atoms with Crippen molar-refractivity contribution in [2.24, 2.45) is 5.92 Å². The van der Waals surface area contributed by atoms with Crippen LogP contribution in [0.1, 0.15) is 41.8 Å². The number of aromatic nitrogens is 2. The van der Waals surface area contributed by atoms with Gasteiger partial charge in [-0.25, -0.2) is 4.98 Å². The van der Waals surface area contributed by atoms with Crippen molar-refractivity contribution in [3.05, 3.63) is 47.0 Å². The van der Waals surface area contributed by atoms with Crippen LogP contribution in [0.2, 0.25) is 0 Å². The first-order valence-corrected chi connectivity index (χ1v) is 8.14. The predicted molar refractivity (Wildman–Crippen MR) is 82.7 cm³/mol. The van der Waals surface area contributed by atoms with E-state index in [1.165, 1.54) is 54.6 Å². The number of imidazole rings is 1. The Kier molecular flexibility index (Phi) is 3.42. The first-order valence-electron chi connectivity index (χ1n) is 8.14. The van der Waals surface area contributed by atoms with Crippen LogP contribution in [-0.4, -0.2) is 16.6 Å². The molecular formula is C18H22N2O. The molecule has 0 spiro atoms. The molecule has 110 valence electrons. The number of ether oxygens (including phenoxy) is 1. The lowest BCUT2D eigenvalue weighted by atomic mass is 9.90. The summed E-state index contributed by atoms with van der Waals surface area (Å²) in [5.41, 5.74) is 5.58. The van der Waals surface area contributed by atoms with Gasteiger partial charge in [0, 0.05) is 5.69 Å². The third kappa shape index (κ3) is 2.69. The summed E-state index contributed by atoms with van der Waals surface area (Å²) in [6.07, 6.45) is 10.3. The Morgan fingerprint density at radius 2 is 2.05 bits per heavy atom. The van der Waals surface area contributed by atoms with Crippen LogP contribution >= 0.6 is 0 Å². The van der Waals surface area contributed by atoms with E-state index in [9.17, 15) is 0 Å². The van der Waals surface area contributed by atoms with Gasteiger partial charge < -0.3 is 9.72 Å². The van der Waals surface area contributed by atoms with Gasteiger partial charge >= 0.3 is 0 Å². The molecule has 1 heterocycles. The van der Waals surface area contributed by atoms with E-state index < -0.39 is 0 Å². The van der Waals surface area contributed by atoms with Gasteiger partial charge in [0.2, 0.25) is 0 Å². The maximum absolute atomic E-state index is 6.07. The van der Waals surface area contributed by atoms with Crippen molar-refractivity contribution >= 4 is 0 Å². The summed E-state index contributed by atoms with van der Waals surface area (Å²) >= 11 is 0. The van der Waals surface area contributed by atoms with Crippen LogP contribution in [0.15, 0.2) is 24.5 Å². The molecule has 1 aromatic heterocycles. The molecule has 1 unspecified atom stereocenters. The normalized spacial score (nSPS) is 20.7. The van der Waals surface area contributed by atoms with Gasteiger partial charge in [-0.2, -0.15) is 0 Å². The number of benzene rings is 1. The predicted octanol–water partition coefficient (Wildman–Crippen LogP) is 3.47. The average molecular weight is 282 g/mol. The molecule has 1 N–H and O–H groups in total. The average Bonchev–Trinajstić information content (AvgIpc) is 3.00. The number of H-pyrrole nitrogens is 1. The standard InChI is InChI=1S/C18H22N2O/c1-2-4-15-10-16(7-6-14(15)3-1)21-11-13-5-8-17-18(9-13)20-12-19-17/h6-7,10,12-13H,1-5,8-9,11H2,(H,19,20). The fourth-order valence-electron chi connectivity index (χ4n) is 3.63. The maximum atomic E-state index is 6.07. The van der Waals surface area contributed by atoms with E-state index in [1.807, 2.05) is 6.33 Å². The van der Waals surface area contributed by atoms with Gasteiger partial charge in [0.1, 0.15) is 5.75 Å². The molecule has 4 rings (SSSR count). The smallest absolute Gasteiger partial charge is 0.119 e. The van der Waals surface area contributed by atoms with Gasteiger partial charge in [-0.15, -0.1) is 0 Å². The van der Waals surface area contributed by atoms with Crippen LogP contribution in [0, 0.1) is 5.92 Å². The van der Waals surface area contributed by atoms with Crippen molar-refractivity contribution in [2.75, 3.05) is 6.61 Å². The topological polar surface area (TPSA) is 37.9 Å². The highest BCUT2D eigenvalue weighted by atomic mass is 16.5. The number of nitrogens with one attached hydrogen (secondary N) is 1. The third-order valence-corrected chi connectivity index (χ3v) is 4.90. The largest absolute Gasteiger partial charge is 0.493 e. The molecular weight excluding hydrogens is 260 g/mol. The summed E-state index contributed by atoms with van der Waals surface area (Å²) in [6.45, 7) is 0.817. The zero-order chi connectivity index (χ0) is 14.1. The molecule has 0 amide bonds. The van der Waals surface area contributed by atoms with Crippen molar-refractivity contribution in [3.8, 4) is 5.75 Å². The Hall–Kier alpha value is -1.77. The highest BCUT2D eigenvalue weighted by Crippen LogP contribution is 2.27. The lowest BCUT2D eigenvalue weighted by Crippen LogP contribution is -2.20. The van der Waals surface area contributed by atoms with Gasteiger partial charge in [-0.05, 0) is 74.1 Å². The molecule has 21 heavy (non-hydrogen) atoms. The van der Waals surface area contributed by atoms with Crippen molar-refractivity contribution in [3.63, 3.8) is 0 Å². The van der Waals surface area contributed by atoms with E-state index in [4.69, 9.17) is 4.74 Å². The molecule has 0 saturated carbocycles. The minimum atomic E-state index is 0.606. The molecule has 0 fully saturated rings. The van der Waals surface area contributed by atoms with Gasteiger partial charge in [0.25, 0.3) is 0 Å². The quantitative estimate of drug-likeness (QED) is 0.936. The molecule has 0 bridgehead atoms. The number of rotatable bonds is 3. The summed E-state index contributed by atoms with van der Waals surface area (Å²) in [7, 11) is 0. The van der Waals surface area contributed by atoms with E-state index >= 15 is 0 Å². The molecule has 2 aliphatic rings. The molecule has 3 heteroatoms. The van der Waals surface area contributed by atoms with Gasteiger partial charge in [-0.1, -0.05) is 6.07 Å². The fraction of sp³-hybridized carbons (Fsp3) is 0.500. The zero-order valence-electron chi connectivity index (χ0n) is 12.4. The third-order valence-electron chi connectivity index (χ3n) is 4.90.